The second-order valence-electron chi connectivity index (χ2n) is 7.75. The van der Waals surface area contributed by atoms with Gasteiger partial charge in [-0.15, -0.1) is 0 Å². The van der Waals surface area contributed by atoms with E-state index in [4.69, 9.17) is 9.47 Å². The van der Waals surface area contributed by atoms with Gasteiger partial charge in [0.1, 0.15) is 6.61 Å². The minimum atomic E-state index is -0.272. The Bertz CT molecular complexity index is 1280. The highest BCUT2D eigenvalue weighted by atomic mass is 79.9. The van der Waals surface area contributed by atoms with E-state index in [0.29, 0.717) is 26.3 Å². The number of para-hydroxylation sites is 2. The van der Waals surface area contributed by atoms with E-state index in [2.05, 4.69) is 58.0 Å². The SMILES string of the molecule is CC(=O)OCCN1/C(=C\C=C\c2cc[n+](CCOC(C)=O)c3ccccc23)Sc2ccccc21.[Br-]. The minimum absolute atomic E-state index is 0. The molecule has 1 aliphatic rings. The van der Waals surface area contributed by atoms with Gasteiger partial charge in [0.05, 0.1) is 22.6 Å². The molecule has 35 heavy (non-hydrogen) atoms. The molecule has 2 aromatic carbocycles. The molecule has 0 saturated carbocycles. The molecule has 1 aliphatic heterocycles. The number of nitrogens with zero attached hydrogens (tertiary/aromatic N) is 2. The standard InChI is InChI=1S/C27H27N2O4S.BrH/c1-20(30)32-18-16-28-15-14-22(23-9-3-4-10-24(23)28)8-7-13-27-29(17-19-33-21(2)31)25-11-5-6-12-26(25)34-27;/h3-15H,16-19H2,1-2H3;1H/q+1;/p-1. The summed E-state index contributed by atoms with van der Waals surface area (Å²) in [6.45, 7) is 4.72. The number of halogens is 1. The van der Waals surface area contributed by atoms with Crippen LogP contribution >= 0.6 is 11.8 Å². The number of thioether (sulfide) groups is 1. The molecule has 0 amide bonds. The van der Waals surface area contributed by atoms with Crippen LogP contribution in [0.4, 0.5) is 5.69 Å². The lowest BCUT2D eigenvalue weighted by molar-refractivity contribution is -0.672. The second kappa shape index (κ2) is 12.6. The third kappa shape index (κ3) is 6.74. The van der Waals surface area contributed by atoms with Crippen molar-refractivity contribution in [2.75, 3.05) is 24.7 Å². The molecule has 0 spiro atoms. The van der Waals surface area contributed by atoms with Crippen LogP contribution in [0.3, 0.4) is 0 Å². The Morgan fingerprint density at radius 3 is 2.49 bits per heavy atom. The molecule has 0 fully saturated rings. The first-order chi connectivity index (χ1) is 16.5. The van der Waals surface area contributed by atoms with Gasteiger partial charge in [-0.05, 0) is 29.8 Å². The maximum absolute atomic E-state index is 11.2. The largest absolute Gasteiger partial charge is 1.00 e. The number of hydrogen-bond acceptors (Lipinski definition) is 6. The molecule has 3 aromatic rings. The number of rotatable bonds is 8. The number of anilines is 1. The van der Waals surface area contributed by atoms with E-state index in [1.165, 1.54) is 18.7 Å². The first-order valence-electron chi connectivity index (χ1n) is 11.1. The van der Waals surface area contributed by atoms with E-state index in [1.807, 2.05) is 30.5 Å². The summed E-state index contributed by atoms with van der Waals surface area (Å²) in [6.07, 6.45) is 8.26. The van der Waals surface area contributed by atoms with Crippen LogP contribution in [-0.2, 0) is 25.6 Å². The quantitative estimate of drug-likeness (QED) is 0.312. The molecule has 8 heteroatoms. The van der Waals surface area contributed by atoms with E-state index >= 15 is 0 Å². The Labute approximate surface area is 220 Å². The summed E-state index contributed by atoms with van der Waals surface area (Å²) >= 11 is 1.71. The van der Waals surface area contributed by atoms with Gasteiger partial charge >= 0.3 is 11.9 Å². The fraction of sp³-hybridized carbons (Fsp3) is 0.222. The van der Waals surface area contributed by atoms with Crippen molar-refractivity contribution in [2.45, 2.75) is 25.3 Å². The average Bonchev–Trinajstić information content (AvgIpc) is 3.17. The van der Waals surface area contributed by atoms with Crippen LogP contribution in [0.5, 0.6) is 0 Å². The number of allylic oxidation sites excluding steroid dienone is 2. The first kappa shape index (κ1) is 26.5. The summed E-state index contributed by atoms with van der Waals surface area (Å²) in [5.74, 6) is -0.544. The Hall–Kier alpha value is -3.10. The number of aromatic nitrogens is 1. The molecular formula is C27H27BrN2O4S. The number of carbonyl (C=O) groups excluding carboxylic acids is 2. The van der Waals surface area contributed by atoms with Crippen LogP contribution in [0.15, 0.2) is 82.9 Å². The maximum atomic E-state index is 11.2. The van der Waals surface area contributed by atoms with Gasteiger partial charge < -0.3 is 31.4 Å². The summed E-state index contributed by atoms with van der Waals surface area (Å²) in [6, 6.07) is 18.5. The minimum Gasteiger partial charge on any atom is -1.00 e. The molecule has 0 radical (unpaired) electrons. The molecule has 0 saturated heterocycles. The second-order valence-corrected chi connectivity index (χ2v) is 8.81. The molecular weight excluding hydrogens is 528 g/mol. The van der Waals surface area contributed by atoms with Gasteiger partial charge in [-0.25, -0.2) is 0 Å². The van der Waals surface area contributed by atoms with Gasteiger partial charge in [-0.3, -0.25) is 9.59 Å². The maximum Gasteiger partial charge on any atom is 0.302 e. The monoisotopic (exact) mass is 554 g/mol. The zero-order valence-electron chi connectivity index (χ0n) is 19.6. The third-order valence-electron chi connectivity index (χ3n) is 5.37. The number of ether oxygens (including phenoxy) is 2. The highest BCUT2D eigenvalue weighted by Crippen LogP contribution is 2.45. The molecule has 4 rings (SSSR count). The molecule has 2 heterocycles. The Kier molecular flexibility index (Phi) is 9.51. The summed E-state index contributed by atoms with van der Waals surface area (Å²) < 4.78 is 12.4. The highest BCUT2D eigenvalue weighted by Gasteiger charge is 2.24. The van der Waals surface area contributed by atoms with Gasteiger partial charge in [-0.1, -0.05) is 48.2 Å². The molecule has 0 N–H and O–H groups in total. The molecule has 0 unspecified atom stereocenters. The van der Waals surface area contributed by atoms with Crippen molar-refractivity contribution in [3.05, 3.63) is 83.5 Å². The number of hydrogen-bond donors (Lipinski definition) is 0. The third-order valence-corrected chi connectivity index (χ3v) is 6.50. The smallest absolute Gasteiger partial charge is 0.302 e. The average molecular weight is 555 g/mol. The van der Waals surface area contributed by atoms with Crippen molar-refractivity contribution >= 4 is 46.4 Å². The van der Waals surface area contributed by atoms with Crippen molar-refractivity contribution in [2.24, 2.45) is 0 Å². The van der Waals surface area contributed by atoms with Crippen LogP contribution in [0.1, 0.15) is 19.4 Å². The number of benzene rings is 2. The van der Waals surface area contributed by atoms with Crippen LogP contribution in [0.25, 0.3) is 17.0 Å². The number of carbonyl (C=O) groups is 2. The first-order valence-corrected chi connectivity index (χ1v) is 12.0. The molecule has 6 nitrogen and oxygen atoms in total. The Morgan fingerprint density at radius 2 is 1.69 bits per heavy atom. The van der Waals surface area contributed by atoms with Crippen molar-refractivity contribution in [1.29, 1.82) is 0 Å². The molecule has 1 aromatic heterocycles. The Morgan fingerprint density at radius 1 is 0.971 bits per heavy atom. The van der Waals surface area contributed by atoms with Crippen molar-refractivity contribution in [1.82, 2.24) is 0 Å². The van der Waals surface area contributed by atoms with Gasteiger partial charge in [0.2, 0.25) is 5.52 Å². The van der Waals surface area contributed by atoms with E-state index in [0.717, 1.165) is 27.2 Å². The molecule has 182 valence electrons. The van der Waals surface area contributed by atoms with Crippen LogP contribution < -0.4 is 26.4 Å². The molecule has 0 bridgehead atoms. The Balaban J connectivity index is 0.00000342. The predicted octanol–water partition coefficient (Wildman–Crippen LogP) is 1.72. The fourth-order valence-corrected chi connectivity index (χ4v) is 4.96. The van der Waals surface area contributed by atoms with Gasteiger partial charge in [0.25, 0.3) is 0 Å². The van der Waals surface area contributed by atoms with Crippen molar-refractivity contribution < 1.29 is 40.6 Å². The summed E-state index contributed by atoms with van der Waals surface area (Å²) in [4.78, 5) is 25.7. The normalized spacial score (nSPS) is 13.7. The van der Waals surface area contributed by atoms with E-state index in [9.17, 15) is 9.59 Å². The molecule has 0 aliphatic carbocycles. The van der Waals surface area contributed by atoms with E-state index in [-0.39, 0.29) is 28.9 Å². The van der Waals surface area contributed by atoms with E-state index < -0.39 is 0 Å². The summed E-state index contributed by atoms with van der Waals surface area (Å²) in [5, 5.41) is 2.21. The zero-order chi connectivity index (χ0) is 23.9. The van der Waals surface area contributed by atoms with Crippen LogP contribution in [0.2, 0.25) is 0 Å². The fourth-order valence-electron chi connectivity index (χ4n) is 3.86. The highest BCUT2D eigenvalue weighted by molar-refractivity contribution is 8.03. The lowest BCUT2D eigenvalue weighted by Gasteiger charge is -2.19. The van der Waals surface area contributed by atoms with Crippen LogP contribution in [-0.4, -0.2) is 31.7 Å². The van der Waals surface area contributed by atoms with E-state index in [1.54, 1.807) is 11.8 Å². The van der Waals surface area contributed by atoms with Crippen molar-refractivity contribution in [3.8, 4) is 0 Å². The van der Waals surface area contributed by atoms with Gasteiger partial charge in [0, 0.05) is 30.9 Å². The van der Waals surface area contributed by atoms with Crippen LogP contribution in [0, 0.1) is 0 Å². The van der Waals surface area contributed by atoms with Gasteiger partial charge in [0.15, 0.2) is 19.3 Å². The summed E-state index contributed by atoms with van der Waals surface area (Å²) in [7, 11) is 0. The lowest BCUT2D eigenvalue weighted by atomic mass is 10.1. The van der Waals surface area contributed by atoms with Crippen molar-refractivity contribution in [3.63, 3.8) is 0 Å². The lowest BCUT2D eigenvalue weighted by Crippen LogP contribution is -3.00. The zero-order valence-corrected chi connectivity index (χ0v) is 22.1. The number of fused-ring (bicyclic) bond motifs is 2. The molecule has 0 atom stereocenters. The van der Waals surface area contributed by atoms with Gasteiger partial charge in [-0.2, -0.15) is 4.57 Å². The predicted molar refractivity (Wildman–Crippen MR) is 134 cm³/mol. The number of esters is 2. The topological polar surface area (TPSA) is 59.7 Å². The summed E-state index contributed by atoms with van der Waals surface area (Å²) in [5.41, 5.74) is 3.30. The number of pyridine rings is 1.